The maximum Gasteiger partial charge on any atom is 0.128 e. The molecule has 1 unspecified atom stereocenters. The molecule has 0 aliphatic heterocycles. The van der Waals surface area contributed by atoms with Crippen molar-refractivity contribution in [3.8, 4) is 11.5 Å². The summed E-state index contributed by atoms with van der Waals surface area (Å²) in [6.45, 7) is 1.71. The Labute approximate surface area is 140 Å². The van der Waals surface area contributed by atoms with E-state index in [1.807, 2.05) is 55.5 Å². The molecule has 0 heterocycles. The molecule has 0 fully saturated rings. The molecule has 0 radical (unpaired) electrons. The molecule has 3 aromatic rings. The van der Waals surface area contributed by atoms with Gasteiger partial charge in [0.05, 0.1) is 12.1 Å². The number of halogens is 1. The van der Waals surface area contributed by atoms with Gasteiger partial charge < -0.3 is 15.6 Å². The summed E-state index contributed by atoms with van der Waals surface area (Å²) < 4.78 is 5.84. The smallest absolute Gasteiger partial charge is 0.128 e. The fourth-order valence-corrected chi connectivity index (χ4v) is 2.50. The molecular formula is C19H18ClNO2. The lowest BCUT2D eigenvalue weighted by atomic mass is 9.92. The maximum absolute atomic E-state index is 9.39. The first-order chi connectivity index (χ1) is 11.0. The Morgan fingerprint density at radius 1 is 0.957 bits per heavy atom. The van der Waals surface area contributed by atoms with Gasteiger partial charge in [0.2, 0.25) is 0 Å². The molecule has 0 saturated heterocycles. The summed E-state index contributed by atoms with van der Waals surface area (Å²) in [5, 5.41) is 12.2. The van der Waals surface area contributed by atoms with Gasteiger partial charge in [-0.15, -0.1) is 0 Å². The molecule has 0 aliphatic carbocycles. The Morgan fingerprint density at radius 2 is 1.57 bits per heavy atom. The van der Waals surface area contributed by atoms with Crippen molar-refractivity contribution in [1.82, 2.24) is 0 Å². The van der Waals surface area contributed by atoms with E-state index < -0.39 is 5.54 Å². The Kier molecular flexibility index (Phi) is 4.26. The third kappa shape index (κ3) is 3.48. The van der Waals surface area contributed by atoms with Gasteiger partial charge in [-0.1, -0.05) is 29.8 Å². The average molecular weight is 328 g/mol. The Morgan fingerprint density at radius 3 is 2.26 bits per heavy atom. The van der Waals surface area contributed by atoms with Gasteiger partial charge in [-0.3, -0.25) is 0 Å². The predicted octanol–water partition coefficient (Wildman–Crippen LogP) is 4.45. The topological polar surface area (TPSA) is 55.5 Å². The van der Waals surface area contributed by atoms with Gasteiger partial charge >= 0.3 is 0 Å². The molecular weight excluding hydrogens is 310 g/mol. The van der Waals surface area contributed by atoms with E-state index in [1.165, 1.54) is 0 Å². The summed E-state index contributed by atoms with van der Waals surface area (Å²) in [4.78, 5) is 0. The molecule has 118 valence electrons. The number of rotatable bonds is 4. The van der Waals surface area contributed by atoms with Crippen molar-refractivity contribution in [2.75, 3.05) is 6.61 Å². The van der Waals surface area contributed by atoms with Gasteiger partial charge in [-0.05, 0) is 65.7 Å². The molecule has 0 saturated carbocycles. The lowest BCUT2D eigenvalue weighted by Gasteiger charge is -2.22. The average Bonchev–Trinajstić information content (AvgIpc) is 2.56. The van der Waals surface area contributed by atoms with Gasteiger partial charge in [0.15, 0.2) is 0 Å². The fraction of sp³-hybridized carbons (Fsp3) is 0.158. The van der Waals surface area contributed by atoms with E-state index in [0.29, 0.717) is 5.02 Å². The van der Waals surface area contributed by atoms with E-state index in [4.69, 9.17) is 22.1 Å². The molecule has 3 nitrogen and oxygen atoms in total. The van der Waals surface area contributed by atoms with Crippen LogP contribution in [0.2, 0.25) is 5.02 Å². The molecule has 1 atom stereocenters. The van der Waals surface area contributed by atoms with Crippen LogP contribution in [0.15, 0.2) is 60.7 Å². The third-order valence-electron chi connectivity index (χ3n) is 3.85. The van der Waals surface area contributed by atoms with Crippen LogP contribution >= 0.6 is 11.6 Å². The number of hydrogen-bond donors (Lipinski definition) is 2. The summed E-state index contributed by atoms with van der Waals surface area (Å²) in [6.07, 6.45) is 0. The number of fused-ring (bicyclic) bond motifs is 1. The largest absolute Gasteiger partial charge is 0.457 e. The number of benzene rings is 3. The summed E-state index contributed by atoms with van der Waals surface area (Å²) >= 11 is 5.87. The van der Waals surface area contributed by atoms with Crippen LogP contribution in [0.4, 0.5) is 0 Å². The second kappa shape index (κ2) is 6.20. The van der Waals surface area contributed by atoms with Crippen LogP contribution in [0, 0.1) is 0 Å². The lowest BCUT2D eigenvalue weighted by Crippen LogP contribution is -2.36. The summed E-state index contributed by atoms with van der Waals surface area (Å²) in [5.41, 5.74) is 6.25. The molecule has 3 rings (SSSR count). The first-order valence-electron chi connectivity index (χ1n) is 7.35. The summed E-state index contributed by atoms with van der Waals surface area (Å²) in [5.74, 6) is 1.49. The standard InChI is InChI=1S/C19H18ClNO2/c1-19(21,12-22)15-4-2-14-11-18(7-3-13(14)10-15)23-17-8-5-16(20)6-9-17/h2-11,22H,12,21H2,1H3. The van der Waals surface area contributed by atoms with Crippen molar-refractivity contribution in [1.29, 1.82) is 0 Å². The number of aliphatic hydroxyl groups excluding tert-OH is 1. The van der Waals surface area contributed by atoms with E-state index in [2.05, 4.69) is 0 Å². The van der Waals surface area contributed by atoms with Gasteiger partial charge in [-0.2, -0.15) is 0 Å². The molecule has 3 N–H and O–H groups in total. The van der Waals surface area contributed by atoms with Crippen LogP contribution in [0.5, 0.6) is 11.5 Å². The highest BCUT2D eigenvalue weighted by Crippen LogP contribution is 2.29. The number of aliphatic hydroxyl groups is 1. The molecule has 0 amide bonds. The highest BCUT2D eigenvalue weighted by Gasteiger charge is 2.19. The predicted molar refractivity (Wildman–Crippen MR) is 94.1 cm³/mol. The monoisotopic (exact) mass is 327 g/mol. The molecule has 4 heteroatoms. The fourth-order valence-electron chi connectivity index (χ4n) is 2.37. The lowest BCUT2D eigenvalue weighted by molar-refractivity contribution is 0.210. The van der Waals surface area contributed by atoms with Crippen molar-refractivity contribution in [2.45, 2.75) is 12.5 Å². The number of hydrogen-bond acceptors (Lipinski definition) is 3. The minimum absolute atomic E-state index is 0.101. The van der Waals surface area contributed by atoms with E-state index >= 15 is 0 Å². The Hall–Kier alpha value is -2.07. The zero-order valence-corrected chi connectivity index (χ0v) is 13.5. The minimum Gasteiger partial charge on any atom is -0.457 e. The number of nitrogens with two attached hydrogens (primary N) is 1. The van der Waals surface area contributed by atoms with Crippen molar-refractivity contribution >= 4 is 22.4 Å². The normalized spacial score (nSPS) is 13.7. The second-order valence-electron chi connectivity index (χ2n) is 5.86. The molecule has 3 aromatic carbocycles. The Bertz CT molecular complexity index is 828. The zero-order valence-electron chi connectivity index (χ0n) is 12.8. The third-order valence-corrected chi connectivity index (χ3v) is 4.10. The van der Waals surface area contributed by atoms with Crippen LogP contribution in [0.25, 0.3) is 10.8 Å². The summed E-state index contributed by atoms with van der Waals surface area (Å²) in [6, 6.07) is 19.0. The van der Waals surface area contributed by atoms with Crippen LogP contribution < -0.4 is 10.5 Å². The molecule has 23 heavy (non-hydrogen) atoms. The van der Waals surface area contributed by atoms with Crippen molar-refractivity contribution in [3.63, 3.8) is 0 Å². The SMILES string of the molecule is CC(N)(CO)c1ccc2cc(Oc3ccc(Cl)cc3)ccc2c1. The zero-order chi connectivity index (χ0) is 16.4. The summed E-state index contributed by atoms with van der Waals surface area (Å²) in [7, 11) is 0. The number of ether oxygens (including phenoxy) is 1. The van der Waals surface area contributed by atoms with Crippen LogP contribution in [-0.2, 0) is 5.54 Å². The first-order valence-corrected chi connectivity index (χ1v) is 7.73. The quantitative estimate of drug-likeness (QED) is 0.744. The second-order valence-corrected chi connectivity index (χ2v) is 6.29. The molecule has 0 aromatic heterocycles. The van der Waals surface area contributed by atoms with E-state index in [1.54, 1.807) is 12.1 Å². The van der Waals surface area contributed by atoms with Crippen LogP contribution in [0.1, 0.15) is 12.5 Å². The van der Waals surface area contributed by atoms with Gasteiger partial charge in [-0.25, -0.2) is 0 Å². The minimum atomic E-state index is -0.743. The first kappa shape index (κ1) is 15.8. The van der Waals surface area contributed by atoms with E-state index in [-0.39, 0.29) is 6.61 Å². The molecule has 0 bridgehead atoms. The van der Waals surface area contributed by atoms with Crippen molar-refractivity contribution < 1.29 is 9.84 Å². The van der Waals surface area contributed by atoms with Gasteiger partial charge in [0.1, 0.15) is 11.5 Å². The van der Waals surface area contributed by atoms with Gasteiger partial charge in [0.25, 0.3) is 0 Å². The highest BCUT2D eigenvalue weighted by molar-refractivity contribution is 6.30. The van der Waals surface area contributed by atoms with E-state index in [9.17, 15) is 5.11 Å². The van der Waals surface area contributed by atoms with Crippen molar-refractivity contribution in [3.05, 3.63) is 71.2 Å². The van der Waals surface area contributed by atoms with Gasteiger partial charge in [0, 0.05) is 5.02 Å². The van der Waals surface area contributed by atoms with Crippen LogP contribution in [-0.4, -0.2) is 11.7 Å². The van der Waals surface area contributed by atoms with Crippen molar-refractivity contribution in [2.24, 2.45) is 5.73 Å². The Balaban J connectivity index is 1.90. The molecule has 0 aliphatic rings. The van der Waals surface area contributed by atoms with E-state index in [0.717, 1.165) is 27.8 Å². The maximum atomic E-state index is 9.39. The highest BCUT2D eigenvalue weighted by atomic mass is 35.5. The molecule has 0 spiro atoms. The van der Waals surface area contributed by atoms with Crippen LogP contribution in [0.3, 0.4) is 0 Å².